The quantitative estimate of drug-likeness (QED) is 0.803. The molecule has 0 aliphatic heterocycles. The average molecular weight is 245 g/mol. The number of pyridine rings is 1. The number of nitrogens with zero attached hydrogens (tertiary/aromatic N) is 1. The third-order valence-corrected chi connectivity index (χ3v) is 1.94. The van der Waals surface area contributed by atoms with E-state index >= 15 is 0 Å². The monoisotopic (exact) mass is 244 g/mol. The summed E-state index contributed by atoms with van der Waals surface area (Å²) in [5.74, 6) is -0.450. The fourth-order valence-corrected chi connectivity index (χ4v) is 1.33. The predicted octanol–water partition coefficient (Wildman–Crippen LogP) is 1.60. The van der Waals surface area contributed by atoms with Crippen molar-refractivity contribution in [2.45, 2.75) is 6.92 Å². The Morgan fingerprint density at radius 2 is 2.46 bits per heavy atom. The summed E-state index contributed by atoms with van der Waals surface area (Å²) in [6, 6.07) is 1.61. The zero-order valence-electron chi connectivity index (χ0n) is 7.08. The summed E-state index contributed by atoms with van der Waals surface area (Å²) >= 11 is 3.17. The molecule has 0 bridgehead atoms. The highest BCUT2D eigenvalue weighted by Gasteiger charge is 2.12. The molecule has 0 amide bonds. The highest BCUT2D eigenvalue weighted by Crippen LogP contribution is 2.17. The molecule has 0 aliphatic carbocycles. The number of anilines is 1. The second kappa shape index (κ2) is 4.23. The second-order valence-corrected chi connectivity index (χ2v) is 3.17. The van der Waals surface area contributed by atoms with Gasteiger partial charge in [-0.2, -0.15) is 0 Å². The number of nitrogens with two attached hydrogens (primary N) is 1. The first kappa shape index (κ1) is 9.98. The molecular weight excluding hydrogens is 236 g/mol. The van der Waals surface area contributed by atoms with Gasteiger partial charge in [-0.1, -0.05) is 0 Å². The SMILES string of the molecule is CCOC(=O)c1ncc(N)cc1Br. The zero-order chi connectivity index (χ0) is 9.84. The largest absolute Gasteiger partial charge is 0.461 e. The Balaban J connectivity index is 2.95. The maximum atomic E-state index is 11.2. The van der Waals surface area contributed by atoms with E-state index < -0.39 is 5.97 Å². The highest BCUT2D eigenvalue weighted by atomic mass is 79.9. The van der Waals surface area contributed by atoms with Gasteiger partial charge >= 0.3 is 5.97 Å². The Morgan fingerprint density at radius 3 is 3.00 bits per heavy atom. The van der Waals surface area contributed by atoms with Crippen molar-refractivity contribution in [3.63, 3.8) is 0 Å². The number of carbonyl (C=O) groups is 1. The second-order valence-electron chi connectivity index (χ2n) is 2.32. The van der Waals surface area contributed by atoms with Crippen LogP contribution in [0.2, 0.25) is 0 Å². The van der Waals surface area contributed by atoms with Crippen LogP contribution in [0.4, 0.5) is 5.69 Å². The molecule has 70 valence electrons. The third kappa shape index (κ3) is 2.42. The first-order valence-corrected chi connectivity index (χ1v) is 4.52. The summed E-state index contributed by atoms with van der Waals surface area (Å²) in [5, 5.41) is 0. The number of halogens is 1. The van der Waals surface area contributed by atoms with Crippen molar-refractivity contribution in [3.8, 4) is 0 Å². The van der Waals surface area contributed by atoms with Gasteiger partial charge < -0.3 is 10.5 Å². The topological polar surface area (TPSA) is 65.2 Å². The van der Waals surface area contributed by atoms with Crippen LogP contribution in [0.3, 0.4) is 0 Å². The van der Waals surface area contributed by atoms with Gasteiger partial charge in [-0.3, -0.25) is 0 Å². The molecule has 0 fully saturated rings. The molecule has 1 aromatic rings. The summed E-state index contributed by atoms with van der Waals surface area (Å²) in [6.07, 6.45) is 1.41. The zero-order valence-corrected chi connectivity index (χ0v) is 8.67. The number of nitrogen functional groups attached to an aromatic ring is 1. The minimum absolute atomic E-state index is 0.246. The molecule has 1 heterocycles. The number of carbonyl (C=O) groups excluding carboxylic acids is 1. The van der Waals surface area contributed by atoms with E-state index in [9.17, 15) is 4.79 Å². The number of esters is 1. The van der Waals surface area contributed by atoms with Gasteiger partial charge in [0.1, 0.15) is 0 Å². The maximum absolute atomic E-state index is 11.2. The summed E-state index contributed by atoms with van der Waals surface area (Å²) in [7, 11) is 0. The first-order chi connectivity index (χ1) is 6.15. The number of hydrogen-bond donors (Lipinski definition) is 1. The van der Waals surface area contributed by atoms with E-state index in [4.69, 9.17) is 10.5 Å². The van der Waals surface area contributed by atoms with Crippen molar-refractivity contribution >= 4 is 27.6 Å². The van der Waals surface area contributed by atoms with Crippen LogP contribution in [-0.2, 0) is 4.74 Å². The van der Waals surface area contributed by atoms with Crippen LogP contribution in [-0.4, -0.2) is 17.6 Å². The molecule has 0 unspecified atom stereocenters. The third-order valence-electron chi connectivity index (χ3n) is 1.33. The van der Waals surface area contributed by atoms with E-state index in [1.165, 1.54) is 6.20 Å². The van der Waals surface area contributed by atoms with E-state index in [0.29, 0.717) is 16.8 Å². The van der Waals surface area contributed by atoms with Crippen LogP contribution < -0.4 is 5.73 Å². The molecule has 4 nitrogen and oxygen atoms in total. The van der Waals surface area contributed by atoms with Crippen molar-refractivity contribution < 1.29 is 9.53 Å². The van der Waals surface area contributed by atoms with Gasteiger partial charge in [0.25, 0.3) is 0 Å². The predicted molar refractivity (Wildman–Crippen MR) is 52.3 cm³/mol. The first-order valence-electron chi connectivity index (χ1n) is 3.73. The van der Waals surface area contributed by atoms with Gasteiger partial charge in [0, 0.05) is 0 Å². The van der Waals surface area contributed by atoms with Crippen LogP contribution >= 0.6 is 15.9 Å². The Labute approximate surface area is 84.2 Å². The van der Waals surface area contributed by atoms with Crippen molar-refractivity contribution in [1.29, 1.82) is 0 Å². The summed E-state index contributed by atoms with van der Waals surface area (Å²) < 4.78 is 5.32. The molecule has 0 radical (unpaired) electrons. The Bertz CT molecular complexity index is 328. The van der Waals surface area contributed by atoms with Gasteiger partial charge in [0.05, 0.1) is 23.0 Å². The molecule has 0 aromatic carbocycles. The molecule has 0 spiro atoms. The minimum atomic E-state index is -0.450. The normalized spacial score (nSPS) is 9.69. The summed E-state index contributed by atoms with van der Waals surface area (Å²) in [4.78, 5) is 15.1. The van der Waals surface area contributed by atoms with Crippen molar-refractivity contribution in [1.82, 2.24) is 4.98 Å². The Kier molecular flexibility index (Phi) is 3.25. The highest BCUT2D eigenvalue weighted by molar-refractivity contribution is 9.10. The molecule has 1 aromatic heterocycles. The number of aromatic nitrogens is 1. The van der Waals surface area contributed by atoms with E-state index in [2.05, 4.69) is 20.9 Å². The lowest BCUT2D eigenvalue weighted by Crippen LogP contribution is -2.08. The molecule has 5 heteroatoms. The lowest BCUT2D eigenvalue weighted by Gasteiger charge is -2.03. The number of ether oxygens (including phenoxy) is 1. The molecular formula is C8H9BrN2O2. The molecule has 0 aliphatic rings. The molecule has 0 atom stereocenters. The Morgan fingerprint density at radius 1 is 1.77 bits per heavy atom. The van der Waals surface area contributed by atoms with Gasteiger partial charge in [-0.05, 0) is 28.9 Å². The maximum Gasteiger partial charge on any atom is 0.358 e. The Hall–Kier alpha value is -1.10. The molecule has 0 saturated heterocycles. The van der Waals surface area contributed by atoms with Crippen molar-refractivity contribution in [2.24, 2.45) is 0 Å². The average Bonchev–Trinajstić information content (AvgIpc) is 2.04. The smallest absolute Gasteiger partial charge is 0.358 e. The van der Waals surface area contributed by atoms with E-state index in [-0.39, 0.29) is 5.69 Å². The van der Waals surface area contributed by atoms with Gasteiger partial charge in [-0.15, -0.1) is 0 Å². The summed E-state index contributed by atoms with van der Waals surface area (Å²) in [6.45, 7) is 2.07. The fourth-order valence-electron chi connectivity index (χ4n) is 0.802. The van der Waals surface area contributed by atoms with Crippen LogP contribution in [0.1, 0.15) is 17.4 Å². The number of hydrogen-bond acceptors (Lipinski definition) is 4. The van der Waals surface area contributed by atoms with Crippen LogP contribution in [0.5, 0.6) is 0 Å². The van der Waals surface area contributed by atoms with Crippen LogP contribution in [0.25, 0.3) is 0 Å². The minimum Gasteiger partial charge on any atom is -0.461 e. The fraction of sp³-hybridized carbons (Fsp3) is 0.250. The van der Waals surface area contributed by atoms with Crippen molar-refractivity contribution in [2.75, 3.05) is 12.3 Å². The van der Waals surface area contributed by atoms with Gasteiger partial charge in [0.15, 0.2) is 5.69 Å². The molecule has 1 rings (SSSR count). The summed E-state index contributed by atoms with van der Waals surface area (Å²) in [5.41, 5.74) is 6.20. The van der Waals surface area contributed by atoms with Crippen LogP contribution in [0, 0.1) is 0 Å². The lowest BCUT2D eigenvalue weighted by molar-refractivity contribution is 0.0518. The molecule has 0 saturated carbocycles. The van der Waals surface area contributed by atoms with Crippen molar-refractivity contribution in [3.05, 3.63) is 22.4 Å². The molecule has 2 N–H and O–H groups in total. The lowest BCUT2D eigenvalue weighted by atomic mass is 10.3. The molecule has 13 heavy (non-hydrogen) atoms. The van der Waals surface area contributed by atoms with E-state index in [0.717, 1.165) is 0 Å². The van der Waals surface area contributed by atoms with Gasteiger partial charge in [-0.25, -0.2) is 9.78 Å². The van der Waals surface area contributed by atoms with Crippen LogP contribution in [0.15, 0.2) is 16.7 Å². The van der Waals surface area contributed by atoms with Gasteiger partial charge in [0.2, 0.25) is 0 Å². The standard InChI is InChI=1S/C8H9BrN2O2/c1-2-13-8(12)7-6(9)3-5(10)4-11-7/h3-4H,2,10H2,1H3. The van der Waals surface area contributed by atoms with E-state index in [1.807, 2.05) is 0 Å². The number of rotatable bonds is 2. The van der Waals surface area contributed by atoms with E-state index in [1.54, 1.807) is 13.0 Å².